The van der Waals surface area contributed by atoms with Gasteiger partial charge >= 0.3 is 0 Å². The Bertz CT molecular complexity index is 101. The number of hydrogen-bond acceptors (Lipinski definition) is 3. The Morgan fingerprint density at radius 1 is 1.70 bits per heavy atom. The molecule has 1 rings (SSSR count). The SMILES string of the molecule is CCC(S)N(C)C1COC1. The quantitative estimate of drug-likeness (QED) is 0.489. The van der Waals surface area contributed by atoms with Gasteiger partial charge < -0.3 is 4.74 Å². The third kappa shape index (κ3) is 1.65. The van der Waals surface area contributed by atoms with Crippen LogP contribution in [-0.4, -0.2) is 36.6 Å². The van der Waals surface area contributed by atoms with Crippen molar-refractivity contribution in [2.24, 2.45) is 0 Å². The highest BCUT2D eigenvalue weighted by atomic mass is 32.1. The summed E-state index contributed by atoms with van der Waals surface area (Å²) in [5, 5.41) is 0.397. The molecule has 0 spiro atoms. The third-order valence-corrected chi connectivity index (χ3v) is 2.76. The highest BCUT2D eigenvalue weighted by Gasteiger charge is 2.25. The van der Waals surface area contributed by atoms with Crippen LogP contribution in [-0.2, 0) is 4.74 Å². The van der Waals surface area contributed by atoms with Crippen molar-refractivity contribution in [2.75, 3.05) is 20.3 Å². The van der Waals surface area contributed by atoms with E-state index in [1.807, 2.05) is 0 Å². The molecule has 1 aliphatic rings. The van der Waals surface area contributed by atoms with Gasteiger partial charge in [0, 0.05) is 0 Å². The van der Waals surface area contributed by atoms with Crippen molar-refractivity contribution in [1.29, 1.82) is 0 Å². The van der Waals surface area contributed by atoms with E-state index in [0.29, 0.717) is 11.4 Å². The molecule has 1 saturated heterocycles. The van der Waals surface area contributed by atoms with Crippen LogP contribution in [0.5, 0.6) is 0 Å². The number of likely N-dealkylation sites (N-methyl/N-ethyl adjacent to an activating group) is 1. The molecule has 60 valence electrons. The topological polar surface area (TPSA) is 12.5 Å². The number of rotatable bonds is 3. The highest BCUT2D eigenvalue weighted by Crippen LogP contribution is 2.15. The molecule has 1 unspecified atom stereocenters. The van der Waals surface area contributed by atoms with E-state index in [2.05, 4.69) is 31.5 Å². The van der Waals surface area contributed by atoms with Crippen LogP contribution >= 0.6 is 12.6 Å². The molecule has 0 bridgehead atoms. The van der Waals surface area contributed by atoms with E-state index < -0.39 is 0 Å². The third-order valence-electron chi connectivity index (χ3n) is 2.03. The van der Waals surface area contributed by atoms with Crippen LogP contribution in [0.4, 0.5) is 0 Å². The molecule has 0 N–H and O–H groups in total. The van der Waals surface area contributed by atoms with Crippen molar-refractivity contribution in [3.8, 4) is 0 Å². The van der Waals surface area contributed by atoms with E-state index in [0.717, 1.165) is 19.6 Å². The highest BCUT2D eigenvalue weighted by molar-refractivity contribution is 7.80. The van der Waals surface area contributed by atoms with Gasteiger partial charge in [0.2, 0.25) is 0 Å². The number of ether oxygens (including phenoxy) is 1. The first kappa shape index (κ1) is 8.37. The van der Waals surface area contributed by atoms with Crippen molar-refractivity contribution >= 4 is 12.6 Å². The largest absolute Gasteiger partial charge is 0.378 e. The summed E-state index contributed by atoms with van der Waals surface area (Å²) in [6.45, 7) is 3.91. The van der Waals surface area contributed by atoms with E-state index in [1.54, 1.807) is 0 Å². The molecule has 0 aromatic rings. The van der Waals surface area contributed by atoms with Crippen LogP contribution in [0.1, 0.15) is 13.3 Å². The number of hydrogen-bond donors (Lipinski definition) is 1. The Morgan fingerprint density at radius 3 is 2.60 bits per heavy atom. The van der Waals surface area contributed by atoms with Crippen molar-refractivity contribution in [1.82, 2.24) is 4.90 Å². The second kappa shape index (κ2) is 3.60. The van der Waals surface area contributed by atoms with Crippen LogP contribution in [0.25, 0.3) is 0 Å². The summed E-state index contributed by atoms with van der Waals surface area (Å²) in [5.41, 5.74) is 0. The van der Waals surface area contributed by atoms with Crippen LogP contribution < -0.4 is 0 Å². The molecule has 0 aromatic carbocycles. The first-order valence-electron chi connectivity index (χ1n) is 3.73. The molecular formula is C7H15NOS. The minimum atomic E-state index is 0.397. The summed E-state index contributed by atoms with van der Waals surface area (Å²) in [6.07, 6.45) is 1.09. The standard InChI is InChI=1S/C7H15NOS/c1-3-7(10)8(2)6-4-9-5-6/h6-7,10H,3-5H2,1-2H3. The fourth-order valence-electron chi connectivity index (χ4n) is 0.990. The lowest BCUT2D eigenvalue weighted by Crippen LogP contribution is -2.49. The fourth-order valence-corrected chi connectivity index (χ4v) is 1.18. The van der Waals surface area contributed by atoms with Gasteiger partial charge in [0.05, 0.1) is 24.6 Å². The van der Waals surface area contributed by atoms with Gasteiger partial charge in [-0.05, 0) is 13.5 Å². The Hall–Kier alpha value is 0.270. The van der Waals surface area contributed by atoms with Gasteiger partial charge in [-0.25, -0.2) is 0 Å². The smallest absolute Gasteiger partial charge is 0.0645 e. The van der Waals surface area contributed by atoms with Crippen molar-refractivity contribution < 1.29 is 4.74 Å². The molecule has 0 amide bonds. The Morgan fingerprint density at radius 2 is 2.30 bits per heavy atom. The summed E-state index contributed by atoms with van der Waals surface area (Å²) in [6, 6.07) is 0.613. The molecule has 2 nitrogen and oxygen atoms in total. The molecule has 1 fully saturated rings. The first-order chi connectivity index (χ1) is 4.75. The summed E-state index contributed by atoms with van der Waals surface area (Å²) in [7, 11) is 2.11. The van der Waals surface area contributed by atoms with Crippen LogP contribution in [0.15, 0.2) is 0 Å². The maximum absolute atomic E-state index is 5.08. The zero-order valence-electron chi connectivity index (χ0n) is 6.58. The van der Waals surface area contributed by atoms with E-state index in [9.17, 15) is 0 Å². The van der Waals surface area contributed by atoms with Gasteiger partial charge in [-0.1, -0.05) is 6.92 Å². The second-order valence-corrected chi connectivity index (χ2v) is 3.34. The molecule has 0 saturated carbocycles. The Kier molecular flexibility index (Phi) is 3.01. The number of nitrogens with zero attached hydrogens (tertiary/aromatic N) is 1. The molecule has 0 aromatic heterocycles. The average Bonchev–Trinajstić information content (AvgIpc) is 1.82. The fraction of sp³-hybridized carbons (Fsp3) is 1.00. The lowest BCUT2D eigenvalue weighted by atomic mass is 10.2. The van der Waals surface area contributed by atoms with Crippen LogP contribution in [0, 0.1) is 0 Å². The molecule has 10 heavy (non-hydrogen) atoms. The lowest BCUT2D eigenvalue weighted by molar-refractivity contribution is -0.0594. The van der Waals surface area contributed by atoms with E-state index >= 15 is 0 Å². The summed E-state index contributed by atoms with van der Waals surface area (Å²) < 4.78 is 5.08. The van der Waals surface area contributed by atoms with Gasteiger partial charge in [-0.15, -0.1) is 0 Å². The van der Waals surface area contributed by atoms with Crippen molar-refractivity contribution in [3.05, 3.63) is 0 Å². The maximum Gasteiger partial charge on any atom is 0.0645 e. The molecule has 1 atom stereocenters. The molecular weight excluding hydrogens is 146 g/mol. The minimum Gasteiger partial charge on any atom is -0.378 e. The monoisotopic (exact) mass is 161 g/mol. The van der Waals surface area contributed by atoms with E-state index in [1.165, 1.54) is 0 Å². The molecule has 3 heteroatoms. The molecule has 1 heterocycles. The summed E-state index contributed by atoms with van der Waals surface area (Å²) >= 11 is 4.42. The van der Waals surface area contributed by atoms with Crippen LogP contribution in [0.3, 0.4) is 0 Å². The second-order valence-electron chi connectivity index (χ2n) is 2.75. The predicted molar refractivity (Wildman–Crippen MR) is 45.4 cm³/mol. The Labute approximate surface area is 68.0 Å². The maximum atomic E-state index is 5.08. The van der Waals surface area contributed by atoms with Crippen molar-refractivity contribution in [2.45, 2.75) is 24.8 Å². The van der Waals surface area contributed by atoms with Gasteiger partial charge in [0.15, 0.2) is 0 Å². The number of thiol groups is 1. The summed E-state index contributed by atoms with van der Waals surface area (Å²) in [4.78, 5) is 2.27. The average molecular weight is 161 g/mol. The van der Waals surface area contributed by atoms with Crippen LogP contribution in [0.2, 0.25) is 0 Å². The predicted octanol–water partition coefficient (Wildman–Crippen LogP) is 0.983. The van der Waals surface area contributed by atoms with Gasteiger partial charge in [-0.2, -0.15) is 12.6 Å². The van der Waals surface area contributed by atoms with Gasteiger partial charge in [0.25, 0.3) is 0 Å². The zero-order valence-corrected chi connectivity index (χ0v) is 7.47. The summed E-state index contributed by atoms with van der Waals surface area (Å²) in [5.74, 6) is 0. The normalized spacial score (nSPS) is 22.8. The van der Waals surface area contributed by atoms with Crippen molar-refractivity contribution in [3.63, 3.8) is 0 Å². The lowest BCUT2D eigenvalue weighted by Gasteiger charge is -2.37. The van der Waals surface area contributed by atoms with Gasteiger partial charge in [-0.3, -0.25) is 4.90 Å². The van der Waals surface area contributed by atoms with E-state index in [4.69, 9.17) is 4.74 Å². The molecule has 0 radical (unpaired) electrons. The first-order valence-corrected chi connectivity index (χ1v) is 4.25. The molecule has 1 aliphatic heterocycles. The Balaban J connectivity index is 2.24. The zero-order chi connectivity index (χ0) is 7.56. The minimum absolute atomic E-state index is 0.397. The van der Waals surface area contributed by atoms with E-state index in [-0.39, 0.29) is 0 Å². The van der Waals surface area contributed by atoms with Gasteiger partial charge in [0.1, 0.15) is 0 Å². The molecule has 0 aliphatic carbocycles.